The van der Waals surface area contributed by atoms with Crippen LogP contribution in [0.2, 0.25) is 0 Å². The topological polar surface area (TPSA) is 91.0 Å². The van der Waals surface area contributed by atoms with Gasteiger partial charge in [-0.15, -0.1) is 0 Å². The van der Waals surface area contributed by atoms with Crippen molar-refractivity contribution < 1.29 is 4.92 Å². The van der Waals surface area contributed by atoms with E-state index in [-0.39, 0.29) is 11.2 Å². The number of nitriles is 1. The van der Waals surface area contributed by atoms with Crippen LogP contribution in [0.3, 0.4) is 0 Å². The molecule has 1 unspecified atom stereocenters. The predicted molar refractivity (Wildman–Crippen MR) is 67.3 cm³/mol. The number of nitrogens with one attached hydrogen (secondary N) is 2. The number of hydrogen-bond donors (Lipinski definition) is 2. The summed E-state index contributed by atoms with van der Waals surface area (Å²) in [5.74, 6) is 0. The third-order valence-corrected chi connectivity index (χ3v) is 3.13. The van der Waals surface area contributed by atoms with Gasteiger partial charge in [0.05, 0.1) is 16.6 Å². The first-order valence-corrected chi connectivity index (χ1v) is 5.71. The van der Waals surface area contributed by atoms with Gasteiger partial charge in [-0.2, -0.15) is 5.26 Å². The molecular weight excluding hydrogens is 232 g/mol. The van der Waals surface area contributed by atoms with Crippen molar-refractivity contribution in [3.05, 3.63) is 33.9 Å². The molecule has 1 saturated heterocycles. The molecule has 1 aromatic rings. The first-order valence-electron chi connectivity index (χ1n) is 5.71. The van der Waals surface area contributed by atoms with E-state index in [9.17, 15) is 10.1 Å². The molecule has 1 atom stereocenters. The summed E-state index contributed by atoms with van der Waals surface area (Å²) in [6.07, 6.45) is 0.907. The molecule has 0 aromatic heterocycles. The monoisotopic (exact) mass is 246 g/mol. The quantitative estimate of drug-likeness (QED) is 0.624. The minimum absolute atomic E-state index is 0.0535. The van der Waals surface area contributed by atoms with Crippen LogP contribution >= 0.6 is 0 Å². The van der Waals surface area contributed by atoms with Crippen LogP contribution in [0.25, 0.3) is 0 Å². The van der Waals surface area contributed by atoms with Crippen molar-refractivity contribution in [2.24, 2.45) is 0 Å². The Morgan fingerprint density at radius 2 is 2.39 bits per heavy atom. The molecule has 2 rings (SSSR count). The van der Waals surface area contributed by atoms with Crippen LogP contribution in [0.5, 0.6) is 0 Å². The SMILES string of the molecule is CC1(Nc2ccc(C#N)cc2[N+](=O)[O-])CCNC1. The van der Waals surface area contributed by atoms with E-state index in [4.69, 9.17) is 5.26 Å². The maximum atomic E-state index is 11.0. The Bertz CT molecular complexity index is 515. The first kappa shape index (κ1) is 12.3. The lowest BCUT2D eigenvalue weighted by molar-refractivity contribution is -0.384. The molecule has 94 valence electrons. The summed E-state index contributed by atoms with van der Waals surface area (Å²) < 4.78 is 0. The Balaban J connectivity index is 2.32. The largest absolute Gasteiger partial charge is 0.373 e. The molecule has 18 heavy (non-hydrogen) atoms. The molecule has 1 aliphatic heterocycles. The number of nitrogens with zero attached hydrogens (tertiary/aromatic N) is 2. The van der Waals surface area contributed by atoms with Gasteiger partial charge in [0.1, 0.15) is 5.69 Å². The highest BCUT2D eigenvalue weighted by Crippen LogP contribution is 2.29. The highest BCUT2D eigenvalue weighted by molar-refractivity contribution is 5.65. The average molecular weight is 246 g/mol. The summed E-state index contributed by atoms with van der Waals surface area (Å²) >= 11 is 0. The number of hydrogen-bond acceptors (Lipinski definition) is 5. The second-order valence-corrected chi connectivity index (χ2v) is 4.71. The molecule has 0 aliphatic carbocycles. The van der Waals surface area contributed by atoms with Gasteiger partial charge in [0.2, 0.25) is 0 Å². The standard InChI is InChI=1S/C12H14N4O2/c1-12(4-5-14-8-12)15-10-3-2-9(7-13)6-11(10)16(17)18/h2-3,6,14-15H,4-5,8H2,1H3. The second-order valence-electron chi connectivity index (χ2n) is 4.71. The van der Waals surface area contributed by atoms with Gasteiger partial charge in [0.25, 0.3) is 5.69 Å². The van der Waals surface area contributed by atoms with E-state index in [0.29, 0.717) is 11.3 Å². The number of rotatable bonds is 3. The fraction of sp³-hybridized carbons (Fsp3) is 0.417. The third kappa shape index (κ3) is 2.41. The molecule has 6 heteroatoms. The number of nitro groups is 1. The minimum Gasteiger partial charge on any atom is -0.373 e. The highest BCUT2D eigenvalue weighted by atomic mass is 16.6. The zero-order valence-electron chi connectivity index (χ0n) is 10.1. The molecule has 1 aliphatic rings. The molecule has 1 aromatic carbocycles. The van der Waals surface area contributed by atoms with Gasteiger partial charge in [-0.25, -0.2) is 0 Å². The fourth-order valence-corrected chi connectivity index (χ4v) is 2.11. The van der Waals surface area contributed by atoms with Gasteiger partial charge in [0.15, 0.2) is 0 Å². The molecular formula is C12H14N4O2. The smallest absolute Gasteiger partial charge is 0.293 e. The zero-order chi connectivity index (χ0) is 13.2. The molecule has 0 bridgehead atoms. The first-order chi connectivity index (χ1) is 8.54. The van der Waals surface area contributed by atoms with Crippen LogP contribution < -0.4 is 10.6 Å². The summed E-state index contributed by atoms with van der Waals surface area (Å²) in [7, 11) is 0. The molecule has 1 fully saturated rings. The lowest BCUT2D eigenvalue weighted by Gasteiger charge is -2.25. The Labute approximate surface area is 105 Å². The Hall–Kier alpha value is -2.13. The number of anilines is 1. The summed E-state index contributed by atoms with van der Waals surface area (Å²) in [6.45, 7) is 3.69. The Morgan fingerprint density at radius 3 is 2.94 bits per heavy atom. The molecule has 6 nitrogen and oxygen atoms in total. The molecule has 0 amide bonds. The summed E-state index contributed by atoms with van der Waals surface area (Å²) in [6, 6.07) is 6.39. The van der Waals surface area contributed by atoms with Gasteiger partial charge in [-0.3, -0.25) is 10.1 Å². The predicted octanol–water partition coefficient (Wildman–Crippen LogP) is 1.63. The van der Waals surface area contributed by atoms with Crippen LogP contribution in [0.1, 0.15) is 18.9 Å². The Morgan fingerprint density at radius 1 is 1.61 bits per heavy atom. The summed E-state index contributed by atoms with van der Waals surface area (Å²) in [5.41, 5.74) is 0.521. The van der Waals surface area contributed by atoms with Gasteiger partial charge >= 0.3 is 0 Å². The van der Waals surface area contributed by atoms with Crippen molar-refractivity contribution in [3.63, 3.8) is 0 Å². The molecule has 0 spiro atoms. The van der Waals surface area contributed by atoms with E-state index < -0.39 is 4.92 Å². The second kappa shape index (κ2) is 4.63. The van der Waals surface area contributed by atoms with E-state index in [0.717, 1.165) is 19.5 Å². The van der Waals surface area contributed by atoms with E-state index in [1.54, 1.807) is 12.1 Å². The van der Waals surface area contributed by atoms with E-state index in [2.05, 4.69) is 10.6 Å². The van der Waals surface area contributed by atoms with Crippen LogP contribution in [0.4, 0.5) is 11.4 Å². The highest BCUT2D eigenvalue weighted by Gasteiger charge is 2.30. The van der Waals surface area contributed by atoms with Gasteiger partial charge < -0.3 is 10.6 Å². The van der Waals surface area contributed by atoms with E-state index >= 15 is 0 Å². The number of benzene rings is 1. The molecule has 1 heterocycles. The van der Waals surface area contributed by atoms with Crippen LogP contribution in [0.15, 0.2) is 18.2 Å². The maximum absolute atomic E-state index is 11.0. The molecule has 0 saturated carbocycles. The maximum Gasteiger partial charge on any atom is 0.293 e. The lowest BCUT2D eigenvalue weighted by atomic mass is 10.0. The van der Waals surface area contributed by atoms with Crippen molar-refractivity contribution in [1.82, 2.24) is 5.32 Å². The summed E-state index contributed by atoms with van der Waals surface area (Å²) in [5, 5.41) is 26.2. The molecule has 0 radical (unpaired) electrons. The van der Waals surface area contributed by atoms with Crippen LogP contribution in [-0.2, 0) is 0 Å². The minimum atomic E-state index is -0.463. The van der Waals surface area contributed by atoms with Gasteiger partial charge in [-0.05, 0) is 32.0 Å². The lowest BCUT2D eigenvalue weighted by Crippen LogP contribution is -2.37. The fourth-order valence-electron chi connectivity index (χ4n) is 2.11. The van der Waals surface area contributed by atoms with Crippen molar-refractivity contribution in [2.75, 3.05) is 18.4 Å². The summed E-state index contributed by atoms with van der Waals surface area (Å²) in [4.78, 5) is 10.5. The van der Waals surface area contributed by atoms with Gasteiger partial charge in [-0.1, -0.05) is 0 Å². The zero-order valence-corrected chi connectivity index (χ0v) is 10.1. The van der Waals surface area contributed by atoms with Gasteiger partial charge in [0, 0.05) is 18.2 Å². The number of nitro benzene ring substituents is 1. The van der Waals surface area contributed by atoms with Crippen molar-refractivity contribution in [1.29, 1.82) is 5.26 Å². The van der Waals surface area contributed by atoms with Crippen LogP contribution in [-0.4, -0.2) is 23.6 Å². The average Bonchev–Trinajstić information content (AvgIpc) is 2.76. The molecule has 2 N–H and O–H groups in total. The third-order valence-electron chi connectivity index (χ3n) is 3.13. The van der Waals surface area contributed by atoms with Crippen molar-refractivity contribution in [2.45, 2.75) is 18.9 Å². The van der Waals surface area contributed by atoms with Crippen molar-refractivity contribution in [3.8, 4) is 6.07 Å². The van der Waals surface area contributed by atoms with E-state index in [1.165, 1.54) is 6.07 Å². The van der Waals surface area contributed by atoms with Crippen molar-refractivity contribution >= 4 is 11.4 Å². The normalized spacial score (nSPS) is 22.4. The van der Waals surface area contributed by atoms with Crippen LogP contribution in [0, 0.1) is 21.4 Å². The van der Waals surface area contributed by atoms with E-state index in [1.807, 2.05) is 13.0 Å². The Kier molecular flexibility index (Phi) is 3.17.